The molecule has 0 fully saturated rings. The highest BCUT2D eigenvalue weighted by atomic mass is 16.6. The van der Waals surface area contributed by atoms with Crippen molar-refractivity contribution in [3.05, 3.63) is 69.8 Å². The first kappa shape index (κ1) is 20.3. The van der Waals surface area contributed by atoms with Crippen LogP contribution in [0.25, 0.3) is 0 Å². The molecule has 0 unspecified atom stereocenters. The molecule has 9 nitrogen and oxygen atoms in total. The lowest BCUT2D eigenvalue weighted by molar-refractivity contribution is -0.384. The van der Waals surface area contributed by atoms with Crippen molar-refractivity contribution >= 4 is 34.7 Å². The fourth-order valence-corrected chi connectivity index (χ4v) is 2.19. The van der Waals surface area contributed by atoms with E-state index in [-0.39, 0.29) is 28.5 Å². The van der Waals surface area contributed by atoms with E-state index in [9.17, 15) is 29.6 Å². The molecule has 9 heteroatoms. The average molecular weight is 383 g/mol. The zero-order chi connectivity index (χ0) is 20.8. The Morgan fingerprint density at radius 3 is 2.25 bits per heavy atom. The molecular weight excluding hydrogens is 366 g/mol. The highest BCUT2D eigenvalue weighted by Crippen LogP contribution is 2.28. The van der Waals surface area contributed by atoms with Crippen LogP contribution in [0.15, 0.2) is 54.1 Å². The van der Waals surface area contributed by atoms with Crippen LogP contribution in [0.5, 0.6) is 5.75 Å². The molecule has 2 aromatic rings. The molecule has 0 aromatic heterocycles. The molecule has 0 atom stereocenters. The zero-order valence-electron chi connectivity index (χ0n) is 15.1. The van der Waals surface area contributed by atoms with E-state index in [2.05, 4.69) is 10.6 Å². The zero-order valence-corrected chi connectivity index (χ0v) is 15.1. The topological polar surface area (TPSA) is 139 Å². The van der Waals surface area contributed by atoms with Crippen molar-refractivity contribution in [1.82, 2.24) is 0 Å². The third-order valence-electron chi connectivity index (χ3n) is 3.70. The Kier molecular flexibility index (Phi) is 6.22. The quantitative estimate of drug-likeness (QED) is 0.230. The number of nitrogens with zero attached hydrogens (tertiary/aromatic N) is 1. The summed E-state index contributed by atoms with van der Waals surface area (Å²) in [6, 6.07) is 9.43. The van der Waals surface area contributed by atoms with Crippen LogP contribution in [0, 0.1) is 10.1 Å². The predicted molar refractivity (Wildman–Crippen MR) is 102 cm³/mol. The van der Waals surface area contributed by atoms with E-state index in [4.69, 9.17) is 0 Å². The highest BCUT2D eigenvalue weighted by molar-refractivity contribution is 6.10. The molecule has 28 heavy (non-hydrogen) atoms. The summed E-state index contributed by atoms with van der Waals surface area (Å²) < 4.78 is 0. The van der Waals surface area contributed by atoms with Gasteiger partial charge in [-0.05, 0) is 44.2 Å². The Labute approximate surface area is 159 Å². The van der Waals surface area contributed by atoms with E-state index < -0.39 is 16.7 Å². The summed E-state index contributed by atoms with van der Waals surface area (Å²) in [6.07, 6.45) is 1.04. The molecule has 2 aromatic carbocycles. The summed E-state index contributed by atoms with van der Waals surface area (Å²) in [5, 5.41) is 25.4. The van der Waals surface area contributed by atoms with Gasteiger partial charge in [0.05, 0.1) is 10.6 Å². The number of hydrogen-bond donors (Lipinski definition) is 3. The van der Waals surface area contributed by atoms with Crippen LogP contribution in [0.4, 0.5) is 17.1 Å². The molecule has 0 radical (unpaired) electrons. The van der Waals surface area contributed by atoms with E-state index in [1.165, 1.54) is 13.8 Å². The molecule has 0 aliphatic heterocycles. The first-order valence-electron chi connectivity index (χ1n) is 8.06. The van der Waals surface area contributed by atoms with Crippen molar-refractivity contribution in [2.24, 2.45) is 0 Å². The van der Waals surface area contributed by atoms with Crippen LogP contribution in [0.3, 0.4) is 0 Å². The Morgan fingerprint density at radius 2 is 1.68 bits per heavy atom. The Balaban J connectivity index is 2.06. The molecule has 0 bridgehead atoms. The van der Waals surface area contributed by atoms with Gasteiger partial charge in [0.15, 0.2) is 5.78 Å². The van der Waals surface area contributed by atoms with E-state index in [0.717, 1.165) is 24.3 Å². The first-order valence-corrected chi connectivity index (χ1v) is 8.06. The molecule has 0 saturated heterocycles. The average Bonchev–Trinajstić information content (AvgIpc) is 2.63. The third kappa shape index (κ3) is 5.24. The summed E-state index contributed by atoms with van der Waals surface area (Å²) in [7, 11) is 0. The standard InChI is InChI=1S/C19H17N3O6/c1-11(9-18(25)20-14-5-3-13(4-6-14)12(2)23)19(26)21-16-10-15(22(27)28)7-8-17(16)24/h3-10,24H,1-2H3,(H,20,25)(H,21,26)/b11-9-. The fraction of sp³-hybridized carbons (Fsp3) is 0.105. The minimum Gasteiger partial charge on any atom is -0.506 e. The number of nitro benzene ring substituents is 1. The van der Waals surface area contributed by atoms with Gasteiger partial charge in [0.2, 0.25) is 5.91 Å². The summed E-state index contributed by atoms with van der Waals surface area (Å²) in [6.45, 7) is 2.81. The molecule has 2 rings (SSSR count). The van der Waals surface area contributed by atoms with Crippen LogP contribution < -0.4 is 10.6 Å². The van der Waals surface area contributed by atoms with Crippen molar-refractivity contribution in [3.8, 4) is 5.75 Å². The Hall–Kier alpha value is -4.01. The van der Waals surface area contributed by atoms with Crippen molar-refractivity contribution in [3.63, 3.8) is 0 Å². The highest BCUT2D eigenvalue weighted by Gasteiger charge is 2.14. The van der Waals surface area contributed by atoms with Gasteiger partial charge in [0, 0.05) is 35.0 Å². The molecule has 0 aliphatic carbocycles. The number of carbonyl (C=O) groups is 3. The number of Topliss-reactive ketones (excluding diaryl/α,β-unsaturated/α-hetero) is 1. The number of carbonyl (C=O) groups excluding carboxylic acids is 3. The second-order valence-corrected chi connectivity index (χ2v) is 5.86. The summed E-state index contributed by atoms with van der Waals surface area (Å²) in [4.78, 5) is 45.6. The van der Waals surface area contributed by atoms with Crippen molar-refractivity contribution < 1.29 is 24.4 Å². The monoisotopic (exact) mass is 383 g/mol. The molecule has 0 heterocycles. The number of phenols is 1. The maximum absolute atomic E-state index is 12.2. The largest absolute Gasteiger partial charge is 0.506 e. The van der Waals surface area contributed by atoms with Crippen LogP contribution in [0.2, 0.25) is 0 Å². The van der Waals surface area contributed by atoms with Crippen LogP contribution >= 0.6 is 0 Å². The Bertz CT molecular complexity index is 980. The number of aromatic hydroxyl groups is 1. The number of amides is 2. The van der Waals surface area contributed by atoms with Gasteiger partial charge >= 0.3 is 0 Å². The van der Waals surface area contributed by atoms with E-state index in [1.807, 2.05) is 0 Å². The predicted octanol–water partition coefficient (Wildman–Crippen LogP) is 3.03. The lowest BCUT2D eigenvalue weighted by Crippen LogP contribution is -2.16. The number of ketones is 1. The third-order valence-corrected chi connectivity index (χ3v) is 3.70. The number of hydrogen-bond acceptors (Lipinski definition) is 6. The molecule has 0 aliphatic rings. The molecular formula is C19H17N3O6. The smallest absolute Gasteiger partial charge is 0.271 e. The van der Waals surface area contributed by atoms with Gasteiger partial charge in [-0.3, -0.25) is 24.5 Å². The summed E-state index contributed by atoms with van der Waals surface area (Å²) in [5.41, 5.74) is 0.508. The fourth-order valence-electron chi connectivity index (χ4n) is 2.19. The van der Waals surface area contributed by atoms with Crippen molar-refractivity contribution in [2.45, 2.75) is 13.8 Å². The van der Waals surface area contributed by atoms with Crippen molar-refractivity contribution in [1.29, 1.82) is 0 Å². The maximum atomic E-state index is 12.2. The van der Waals surface area contributed by atoms with Crippen LogP contribution in [-0.4, -0.2) is 27.6 Å². The second kappa shape index (κ2) is 8.58. The van der Waals surface area contributed by atoms with E-state index in [1.54, 1.807) is 24.3 Å². The number of benzene rings is 2. The van der Waals surface area contributed by atoms with Crippen LogP contribution in [0.1, 0.15) is 24.2 Å². The van der Waals surface area contributed by atoms with Gasteiger partial charge in [-0.1, -0.05) is 0 Å². The van der Waals surface area contributed by atoms with Gasteiger partial charge in [0.1, 0.15) is 5.75 Å². The maximum Gasteiger partial charge on any atom is 0.271 e. The van der Waals surface area contributed by atoms with Gasteiger partial charge in [0.25, 0.3) is 11.6 Å². The minimum absolute atomic E-state index is 0.0174. The van der Waals surface area contributed by atoms with E-state index in [0.29, 0.717) is 11.3 Å². The van der Waals surface area contributed by atoms with Crippen LogP contribution in [-0.2, 0) is 9.59 Å². The first-order chi connectivity index (χ1) is 13.2. The molecule has 3 N–H and O–H groups in total. The molecule has 0 saturated carbocycles. The number of nitrogens with one attached hydrogen (secondary N) is 2. The minimum atomic E-state index is -0.710. The molecule has 0 spiro atoms. The summed E-state index contributed by atoms with van der Waals surface area (Å²) >= 11 is 0. The number of rotatable bonds is 6. The summed E-state index contributed by atoms with van der Waals surface area (Å²) in [5.74, 6) is -1.74. The molecule has 2 amide bonds. The number of non-ortho nitro benzene ring substituents is 1. The number of anilines is 2. The SMILES string of the molecule is CC(=O)c1ccc(NC(=O)/C=C(/C)C(=O)Nc2cc([N+](=O)[O-])ccc2O)cc1. The normalized spacial score (nSPS) is 10.9. The Morgan fingerprint density at radius 1 is 1.04 bits per heavy atom. The molecule has 144 valence electrons. The number of nitro groups is 1. The van der Waals surface area contributed by atoms with Crippen molar-refractivity contribution in [2.75, 3.05) is 10.6 Å². The van der Waals surface area contributed by atoms with Gasteiger partial charge in [-0.15, -0.1) is 0 Å². The second-order valence-electron chi connectivity index (χ2n) is 5.86. The van der Waals surface area contributed by atoms with Gasteiger partial charge in [-0.2, -0.15) is 0 Å². The lowest BCUT2D eigenvalue weighted by Gasteiger charge is -2.08. The van der Waals surface area contributed by atoms with Gasteiger partial charge < -0.3 is 15.7 Å². The van der Waals surface area contributed by atoms with E-state index >= 15 is 0 Å². The number of phenolic OH excluding ortho intramolecular Hbond substituents is 1. The van der Waals surface area contributed by atoms with Gasteiger partial charge in [-0.25, -0.2) is 0 Å². The lowest BCUT2D eigenvalue weighted by atomic mass is 10.1.